The van der Waals surface area contributed by atoms with Crippen LogP contribution in [0.1, 0.15) is 34.8 Å². The Morgan fingerprint density at radius 2 is 2.03 bits per heavy atom. The lowest BCUT2D eigenvalue weighted by molar-refractivity contribution is -0.148. The van der Waals surface area contributed by atoms with E-state index in [0.29, 0.717) is 18.7 Å². The minimum absolute atomic E-state index is 0.0597. The third kappa shape index (κ3) is 3.20. The van der Waals surface area contributed by atoms with Gasteiger partial charge in [-0.2, -0.15) is 0 Å². The average molecular weight is 456 g/mol. The number of nitrogens with zero attached hydrogens (tertiary/aromatic N) is 1. The van der Waals surface area contributed by atoms with Crippen LogP contribution in [-0.2, 0) is 26.4 Å². The fourth-order valence-electron chi connectivity index (χ4n) is 4.14. The van der Waals surface area contributed by atoms with Crippen molar-refractivity contribution in [2.45, 2.75) is 25.5 Å². The number of esters is 1. The van der Waals surface area contributed by atoms with Gasteiger partial charge in [-0.15, -0.1) is 0 Å². The maximum atomic E-state index is 13.8. The first-order valence-electron chi connectivity index (χ1n) is 9.58. The summed E-state index contributed by atoms with van der Waals surface area (Å²) in [6.07, 6.45) is 4.94. The highest BCUT2D eigenvalue weighted by Gasteiger charge is 2.56. The molecule has 0 aromatic heterocycles. The van der Waals surface area contributed by atoms with Crippen molar-refractivity contribution in [1.82, 2.24) is 0 Å². The highest BCUT2D eigenvalue weighted by atomic mass is 79.9. The third-order valence-corrected chi connectivity index (χ3v) is 6.27. The van der Waals surface area contributed by atoms with Crippen LogP contribution in [0.3, 0.4) is 0 Å². The molecule has 2 aliphatic heterocycles. The van der Waals surface area contributed by atoms with E-state index in [1.807, 2.05) is 37.3 Å². The first-order chi connectivity index (χ1) is 14.0. The second-order valence-corrected chi connectivity index (χ2v) is 8.16. The zero-order chi connectivity index (χ0) is 20.6. The molecule has 4 rings (SSSR count). The maximum absolute atomic E-state index is 13.8. The number of carbonyl (C=O) groups excluding carboxylic acids is 2. The Morgan fingerprint density at radius 3 is 2.76 bits per heavy atom. The van der Waals surface area contributed by atoms with Gasteiger partial charge in [0.15, 0.2) is 5.60 Å². The van der Waals surface area contributed by atoms with Crippen molar-refractivity contribution in [3.05, 3.63) is 75.8 Å². The van der Waals surface area contributed by atoms with E-state index in [2.05, 4.69) is 28.1 Å². The number of amides is 1. The van der Waals surface area contributed by atoms with E-state index in [4.69, 9.17) is 9.47 Å². The Bertz CT molecular complexity index is 985. The predicted molar refractivity (Wildman–Crippen MR) is 114 cm³/mol. The molecule has 150 valence electrons. The van der Waals surface area contributed by atoms with Crippen LogP contribution >= 0.6 is 15.9 Å². The second kappa shape index (κ2) is 7.76. The van der Waals surface area contributed by atoms with Gasteiger partial charge in [0.25, 0.3) is 5.91 Å². The summed E-state index contributed by atoms with van der Waals surface area (Å²) < 4.78 is 11.9. The van der Waals surface area contributed by atoms with Crippen molar-refractivity contribution >= 4 is 33.5 Å². The van der Waals surface area contributed by atoms with Crippen LogP contribution < -0.4 is 4.90 Å². The molecule has 2 heterocycles. The number of ether oxygens (including phenoxy) is 2. The summed E-state index contributed by atoms with van der Waals surface area (Å²) in [5.41, 5.74) is 2.10. The van der Waals surface area contributed by atoms with E-state index >= 15 is 0 Å². The summed E-state index contributed by atoms with van der Waals surface area (Å²) in [6, 6.07) is 13.0. The van der Waals surface area contributed by atoms with Crippen molar-refractivity contribution in [3.63, 3.8) is 0 Å². The van der Waals surface area contributed by atoms with Crippen molar-refractivity contribution in [3.8, 4) is 0 Å². The van der Waals surface area contributed by atoms with E-state index in [1.54, 1.807) is 17.0 Å². The zero-order valence-corrected chi connectivity index (χ0v) is 17.9. The summed E-state index contributed by atoms with van der Waals surface area (Å²) in [5.74, 6) is -0.536. The number of rotatable bonds is 3. The molecule has 0 bridgehead atoms. The van der Waals surface area contributed by atoms with Crippen LogP contribution in [0.5, 0.6) is 0 Å². The predicted octanol–water partition coefficient (Wildman–Crippen LogP) is 4.59. The molecule has 0 saturated carbocycles. The third-order valence-electron chi connectivity index (χ3n) is 5.61. The minimum atomic E-state index is -1.03. The molecule has 29 heavy (non-hydrogen) atoms. The van der Waals surface area contributed by atoms with Crippen molar-refractivity contribution in [1.29, 1.82) is 0 Å². The van der Waals surface area contributed by atoms with Crippen molar-refractivity contribution in [2.75, 3.05) is 18.6 Å². The first-order valence-corrected chi connectivity index (χ1v) is 10.4. The van der Waals surface area contributed by atoms with Gasteiger partial charge >= 0.3 is 5.97 Å². The normalized spacial score (nSPS) is 23.2. The Hall–Kier alpha value is -2.44. The molecular weight excluding hydrogens is 434 g/mol. The lowest BCUT2D eigenvalue weighted by atomic mass is 9.83. The van der Waals surface area contributed by atoms with Crippen LogP contribution in [0, 0.1) is 5.92 Å². The molecule has 6 heteroatoms. The molecule has 2 aromatic rings. The van der Waals surface area contributed by atoms with Crippen molar-refractivity contribution < 1.29 is 19.1 Å². The molecule has 0 saturated heterocycles. The van der Waals surface area contributed by atoms with Gasteiger partial charge in [-0.05, 0) is 36.2 Å². The van der Waals surface area contributed by atoms with Crippen LogP contribution in [-0.4, -0.2) is 25.6 Å². The van der Waals surface area contributed by atoms with Gasteiger partial charge in [0.2, 0.25) is 0 Å². The fraction of sp³-hybridized carbons (Fsp3) is 0.304. The number of methoxy groups -OCH3 is 1. The highest BCUT2D eigenvalue weighted by molar-refractivity contribution is 9.10. The van der Waals surface area contributed by atoms with Crippen LogP contribution in [0.15, 0.2) is 59.1 Å². The van der Waals surface area contributed by atoms with E-state index in [1.165, 1.54) is 7.11 Å². The Morgan fingerprint density at radius 1 is 1.28 bits per heavy atom. The van der Waals surface area contributed by atoms with Crippen LogP contribution in [0.25, 0.3) is 0 Å². The van der Waals surface area contributed by atoms with Gasteiger partial charge in [0.05, 0.1) is 31.5 Å². The smallest absolute Gasteiger partial charge is 0.337 e. The standard InChI is InChI=1S/C23H22BrNO4/c1-15-6-3-4-13-29-23(15)20-18(24)7-5-8-19(20)25(22(23)27)14-16-9-11-17(12-10-16)21(26)28-2/h3,5-12,15H,4,13-14H2,1-2H3/t15-,23+/m0/s1. The molecule has 0 N–H and O–H groups in total. The van der Waals surface area contributed by atoms with Crippen LogP contribution in [0.2, 0.25) is 0 Å². The molecule has 5 nitrogen and oxygen atoms in total. The lowest BCUT2D eigenvalue weighted by Gasteiger charge is -2.32. The Balaban J connectivity index is 1.74. The summed E-state index contributed by atoms with van der Waals surface area (Å²) in [6.45, 7) is 2.91. The molecule has 2 aromatic carbocycles. The fourth-order valence-corrected chi connectivity index (χ4v) is 4.79. The number of benzene rings is 2. The highest BCUT2D eigenvalue weighted by Crippen LogP contribution is 2.51. The monoisotopic (exact) mass is 455 g/mol. The van der Waals surface area contributed by atoms with E-state index in [9.17, 15) is 9.59 Å². The largest absolute Gasteiger partial charge is 0.465 e. The second-order valence-electron chi connectivity index (χ2n) is 7.30. The van der Waals surface area contributed by atoms with Crippen molar-refractivity contribution in [2.24, 2.45) is 5.92 Å². The number of hydrogen-bond acceptors (Lipinski definition) is 4. The number of carbonyl (C=O) groups is 2. The molecule has 2 aliphatic rings. The quantitative estimate of drug-likeness (QED) is 0.501. The summed E-state index contributed by atoms with van der Waals surface area (Å²) in [5, 5.41) is 0. The van der Waals surface area contributed by atoms with Gasteiger partial charge in [-0.25, -0.2) is 4.79 Å². The molecule has 1 spiro atoms. The number of hydrogen-bond donors (Lipinski definition) is 0. The van der Waals surface area contributed by atoms with Gasteiger partial charge in [-0.3, -0.25) is 4.79 Å². The number of fused-ring (bicyclic) bond motifs is 2. The van der Waals surface area contributed by atoms with Gasteiger partial charge in [0.1, 0.15) is 0 Å². The summed E-state index contributed by atoms with van der Waals surface area (Å²) in [7, 11) is 1.36. The van der Waals surface area contributed by atoms with Gasteiger partial charge in [0, 0.05) is 16.0 Å². The summed E-state index contributed by atoms with van der Waals surface area (Å²) in [4.78, 5) is 27.2. The van der Waals surface area contributed by atoms with Gasteiger partial charge in [-0.1, -0.05) is 53.2 Å². The maximum Gasteiger partial charge on any atom is 0.337 e. The van der Waals surface area contributed by atoms with E-state index in [0.717, 1.165) is 27.7 Å². The molecule has 0 aliphatic carbocycles. The zero-order valence-electron chi connectivity index (χ0n) is 16.4. The first kappa shape index (κ1) is 19.9. The van der Waals surface area contributed by atoms with E-state index < -0.39 is 5.60 Å². The molecular formula is C23H22BrNO4. The number of halogens is 1. The molecule has 0 fully saturated rings. The van der Waals surface area contributed by atoms with E-state index in [-0.39, 0.29) is 17.8 Å². The SMILES string of the molecule is COC(=O)c1ccc(CN2C(=O)[C@]3(OCCC=C[C@@H]3C)c3c(Br)cccc32)cc1. The molecule has 0 unspecified atom stereocenters. The molecule has 1 amide bonds. The van der Waals surface area contributed by atoms with Crippen LogP contribution in [0.4, 0.5) is 5.69 Å². The Labute approximate surface area is 178 Å². The van der Waals surface area contributed by atoms with Gasteiger partial charge < -0.3 is 14.4 Å². The minimum Gasteiger partial charge on any atom is -0.465 e. The lowest BCUT2D eigenvalue weighted by Crippen LogP contribution is -2.46. The average Bonchev–Trinajstić information content (AvgIpc) is 2.84. The summed E-state index contributed by atoms with van der Waals surface area (Å²) >= 11 is 3.65. The number of anilines is 1. The molecule has 2 atom stereocenters. The molecule has 0 radical (unpaired) electrons. The topological polar surface area (TPSA) is 55.8 Å². The Kier molecular flexibility index (Phi) is 5.32.